The van der Waals surface area contributed by atoms with Crippen LogP contribution in [0.4, 0.5) is 5.82 Å². The van der Waals surface area contributed by atoms with Gasteiger partial charge in [-0.25, -0.2) is 0 Å². The van der Waals surface area contributed by atoms with E-state index in [1.165, 1.54) is 4.68 Å². The number of carbonyl (C=O) groups excluding carboxylic acids is 1. The fourth-order valence-corrected chi connectivity index (χ4v) is 2.66. The highest BCUT2D eigenvalue weighted by molar-refractivity contribution is 6.35. The monoisotopic (exact) mass is 349 g/mol. The van der Waals surface area contributed by atoms with Gasteiger partial charge in [-0.2, -0.15) is 10.2 Å². The molecule has 8 heteroatoms. The van der Waals surface area contributed by atoms with Crippen molar-refractivity contribution in [1.82, 2.24) is 19.6 Å². The number of hydrogen-bond donors (Lipinski definition) is 1. The second-order valence-corrected chi connectivity index (χ2v) is 5.71. The molecule has 0 fully saturated rings. The molecule has 1 aromatic carbocycles. The number of carbonyl (C=O) groups is 1. The lowest BCUT2D eigenvalue weighted by Crippen LogP contribution is -2.16. The van der Waals surface area contributed by atoms with E-state index < -0.39 is 0 Å². The van der Waals surface area contributed by atoms with Gasteiger partial charge in [0, 0.05) is 41.1 Å². The fraction of sp³-hybridized carbons (Fsp3) is 0.133. The molecule has 0 aliphatic heterocycles. The number of nitrogens with one attached hydrogen (secondary N) is 1. The third-order valence-corrected chi connectivity index (χ3v) is 4.03. The Bertz CT molecular complexity index is 835. The molecule has 0 aliphatic rings. The third kappa shape index (κ3) is 3.38. The molecule has 1 amide bonds. The van der Waals surface area contributed by atoms with Crippen LogP contribution in [-0.4, -0.2) is 25.5 Å². The molecule has 1 N–H and O–H groups in total. The smallest absolute Gasteiger partial charge is 0.275 e. The van der Waals surface area contributed by atoms with Crippen molar-refractivity contribution >= 4 is 34.9 Å². The predicted molar refractivity (Wildman–Crippen MR) is 89.0 cm³/mol. The zero-order valence-corrected chi connectivity index (χ0v) is 13.7. The lowest BCUT2D eigenvalue weighted by atomic mass is 10.2. The number of benzene rings is 1. The fourth-order valence-electron chi connectivity index (χ4n) is 2.14. The van der Waals surface area contributed by atoms with E-state index >= 15 is 0 Å². The maximum absolute atomic E-state index is 12.1. The Kier molecular flexibility index (Phi) is 4.36. The summed E-state index contributed by atoms with van der Waals surface area (Å²) >= 11 is 12.3. The van der Waals surface area contributed by atoms with E-state index in [9.17, 15) is 4.79 Å². The average molecular weight is 350 g/mol. The molecule has 0 spiro atoms. The quantitative estimate of drug-likeness (QED) is 0.786. The van der Waals surface area contributed by atoms with Crippen molar-refractivity contribution in [2.45, 2.75) is 6.54 Å². The normalized spacial score (nSPS) is 10.7. The van der Waals surface area contributed by atoms with Gasteiger partial charge in [0.1, 0.15) is 5.69 Å². The Morgan fingerprint density at radius 2 is 1.96 bits per heavy atom. The molecule has 0 atom stereocenters. The van der Waals surface area contributed by atoms with Crippen LogP contribution in [0.1, 0.15) is 16.1 Å². The lowest BCUT2D eigenvalue weighted by molar-refractivity contribution is 0.101. The molecule has 0 saturated heterocycles. The van der Waals surface area contributed by atoms with E-state index in [2.05, 4.69) is 15.5 Å². The summed E-state index contributed by atoms with van der Waals surface area (Å²) in [7, 11) is 1.70. The number of hydrogen-bond acceptors (Lipinski definition) is 3. The maximum Gasteiger partial charge on any atom is 0.275 e. The summed E-state index contributed by atoms with van der Waals surface area (Å²) in [6.45, 7) is 0.417. The van der Waals surface area contributed by atoms with E-state index in [4.69, 9.17) is 23.2 Å². The maximum atomic E-state index is 12.1. The molecule has 0 bridgehead atoms. The molecule has 3 rings (SSSR count). The van der Waals surface area contributed by atoms with Gasteiger partial charge in [0.15, 0.2) is 5.82 Å². The molecular weight excluding hydrogens is 337 g/mol. The van der Waals surface area contributed by atoms with Crippen LogP contribution in [0, 0.1) is 0 Å². The van der Waals surface area contributed by atoms with Crippen molar-refractivity contribution < 1.29 is 4.79 Å². The van der Waals surface area contributed by atoms with Crippen molar-refractivity contribution in [3.8, 4) is 0 Å². The van der Waals surface area contributed by atoms with Crippen molar-refractivity contribution in [1.29, 1.82) is 0 Å². The number of nitrogens with zero attached hydrogens (tertiary/aromatic N) is 4. The van der Waals surface area contributed by atoms with Crippen LogP contribution in [0.25, 0.3) is 0 Å². The highest BCUT2D eigenvalue weighted by Crippen LogP contribution is 2.25. The molecule has 0 saturated carbocycles. The standard InChI is InChI=1S/C15H13Cl2N5O/c1-21-13(5-7-18-21)15(23)19-14-6-8-22(20-14)9-10-11(16)3-2-4-12(10)17/h2-8H,9H2,1H3,(H,19,20,23). The minimum atomic E-state index is -0.272. The Balaban J connectivity index is 1.74. The van der Waals surface area contributed by atoms with E-state index in [1.54, 1.807) is 54.5 Å². The van der Waals surface area contributed by atoms with Crippen LogP contribution in [0.2, 0.25) is 10.0 Å². The summed E-state index contributed by atoms with van der Waals surface area (Å²) < 4.78 is 3.15. The molecule has 0 aliphatic carbocycles. The molecule has 118 valence electrons. The highest BCUT2D eigenvalue weighted by atomic mass is 35.5. The predicted octanol–water partition coefficient (Wildman–Crippen LogP) is 3.22. The van der Waals surface area contributed by atoms with Gasteiger partial charge in [-0.15, -0.1) is 0 Å². The lowest BCUT2D eigenvalue weighted by Gasteiger charge is -2.07. The first-order valence-corrected chi connectivity index (χ1v) is 7.56. The number of amides is 1. The zero-order valence-electron chi connectivity index (χ0n) is 12.2. The third-order valence-electron chi connectivity index (χ3n) is 3.32. The molecule has 3 aromatic rings. The van der Waals surface area contributed by atoms with Gasteiger partial charge in [-0.3, -0.25) is 14.2 Å². The van der Waals surface area contributed by atoms with Crippen molar-refractivity contribution in [3.05, 3.63) is 64.0 Å². The SMILES string of the molecule is Cn1nccc1C(=O)Nc1ccn(Cc2c(Cl)cccc2Cl)n1. The summed E-state index contributed by atoms with van der Waals surface area (Å²) in [6, 6.07) is 8.68. The van der Waals surface area contributed by atoms with Crippen molar-refractivity contribution in [2.24, 2.45) is 7.05 Å². The molecule has 2 heterocycles. The molecule has 0 radical (unpaired) electrons. The Hall–Kier alpha value is -2.31. The van der Waals surface area contributed by atoms with Gasteiger partial charge in [0.2, 0.25) is 0 Å². The van der Waals surface area contributed by atoms with Crippen LogP contribution in [0.15, 0.2) is 42.7 Å². The second kappa shape index (κ2) is 6.44. The topological polar surface area (TPSA) is 64.7 Å². The van der Waals surface area contributed by atoms with Crippen LogP contribution >= 0.6 is 23.2 Å². The number of halogens is 2. The Morgan fingerprint density at radius 1 is 1.22 bits per heavy atom. The summed E-state index contributed by atoms with van der Waals surface area (Å²) in [6.07, 6.45) is 3.31. The number of aromatic nitrogens is 4. The molecule has 2 aromatic heterocycles. The van der Waals surface area contributed by atoms with Crippen LogP contribution < -0.4 is 5.32 Å². The van der Waals surface area contributed by atoms with Gasteiger partial charge < -0.3 is 5.32 Å². The molecule has 0 unspecified atom stereocenters. The summed E-state index contributed by atoms with van der Waals surface area (Å²) in [5.41, 5.74) is 1.23. The number of aryl methyl sites for hydroxylation is 1. The van der Waals surface area contributed by atoms with E-state index in [0.29, 0.717) is 28.1 Å². The van der Waals surface area contributed by atoms with Gasteiger partial charge in [-0.1, -0.05) is 29.3 Å². The minimum Gasteiger partial charge on any atom is -0.304 e. The average Bonchev–Trinajstić information content (AvgIpc) is 3.12. The first kappa shape index (κ1) is 15.6. The summed E-state index contributed by atoms with van der Waals surface area (Å²) in [5.74, 6) is 0.172. The van der Waals surface area contributed by atoms with Gasteiger partial charge >= 0.3 is 0 Å². The Labute approximate surface area is 142 Å². The minimum absolute atomic E-state index is 0.272. The Morgan fingerprint density at radius 3 is 2.61 bits per heavy atom. The van der Waals surface area contributed by atoms with Crippen molar-refractivity contribution in [2.75, 3.05) is 5.32 Å². The van der Waals surface area contributed by atoms with Gasteiger partial charge in [-0.05, 0) is 18.2 Å². The zero-order chi connectivity index (χ0) is 16.4. The summed E-state index contributed by atoms with van der Waals surface area (Å²) in [5, 5.41) is 12.1. The second-order valence-electron chi connectivity index (χ2n) is 4.89. The summed E-state index contributed by atoms with van der Waals surface area (Å²) in [4.78, 5) is 12.1. The molecule has 23 heavy (non-hydrogen) atoms. The van der Waals surface area contributed by atoms with E-state index in [-0.39, 0.29) is 5.91 Å². The van der Waals surface area contributed by atoms with Gasteiger partial charge in [0.25, 0.3) is 5.91 Å². The van der Waals surface area contributed by atoms with Crippen LogP contribution in [0.5, 0.6) is 0 Å². The first-order valence-electron chi connectivity index (χ1n) is 6.80. The number of rotatable bonds is 4. The first-order chi connectivity index (χ1) is 11.0. The largest absolute Gasteiger partial charge is 0.304 e. The van der Waals surface area contributed by atoms with E-state index in [1.807, 2.05) is 0 Å². The van der Waals surface area contributed by atoms with Crippen LogP contribution in [0.3, 0.4) is 0 Å². The van der Waals surface area contributed by atoms with Crippen LogP contribution in [-0.2, 0) is 13.6 Å². The van der Waals surface area contributed by atoms with E-state index in [0.717, 1.165) is 5.56 Å². The molecular formula is C15H13Cl2N5O. The highest BCUT2D eigenvalue weighted by Gasteiger charge is 2.12. The number of anilines is 1. The van der Waals surface area contributed by atoms with Gasteiger partial charge in [0.05, 0.1) is 6.54 Å². The molecule has 6 nitrogen and oxygen atoms in total. The van der Waals surface area contributed by atoms with Crippen molar-refractivity contribution in [3.63, 3.8) is 0 Å².